The van der Waals surface area contributed by atoms with Crippen LogP contribution in [-0.4, -0.2) is 5.11 Å². The predicted octanol–water partition coefficient (Wildman–Crippen LogP) is 2.25. The van der Waals surface area contributed by atoms with E-state index in [1.165, 1.54) is 4.90 Å². The third-order valence-corrected chi connectivity index (χ3v) is 1.86. The Morgan fingerprint density at radius 1 is 1.14 bits per heavy atom. The zero-order chi connectivity index (χ0) is 9.97. The van der Waals surface area contributed by atoms with Crippen molar-refractivity contribution in [2.24, 2.45) is 5.73 Å². The smallest absolute Gasteiger partial charge is 0.208 e. The lowest BCUT2D eigenvalue weighted by atomic mass is 10.5. The van der Waals surface area contributed by atoms with E-state index in [0.29, 0.717) is 11.8 Å². The second-order valence-electron chi connectivity index (χ2n) is 2.58. The molecule has 0 saturated heterocycles. The first kappa shape index (κ1) is 8.83. The molecule has 5 heteroatoms. The molecule has 0 spiro atoms. The van der Waals surface area contributed by atoms with Crippen molar-refractivity contribution in [1.82, 2.24) is 0 Å². The summed E-state index contributed by atoms with van der Waals surface area (Å²) in [6.07, 6.45) is 3.09. The zero-order valence-electron chi connectivity index (χ0n) is 7.21. The van der Waals surface area contributed by atoms with Gasteiger partial charge >= 0.3 is 0 Å². The molecule has 2 N–H and O–H groups in total. The molecule has 2 rings (SSSR count). The molecule has 0 bridgehead atoms. The van der Waals surface area contributed by atoms with Gasteiger partial charge in [-0.3, -0.25) is 0 Å². The maximum atomic E-state index is 5.56. The SMILES string of the molecule is NC(=S)N(c1ccco1)c1ccco1. The van der Waals surface area contributed by atoms with Crippen LogP contribution in [-0.2, 0) is 0 Å². The summed E-state index contributed by atoms with van der Waals surface area (Å²) in [5.74, 6) is 1.07. The number of furan rings is 2. The molecule has 0 aliphatic carbocycles. The lowest BCUT2D eigenvalue weighted by molar-refractivity contribution is 0.543. The van der Waals surface area contributed by atoms with Gasteiger partial charge in [0.15, 0.2) is 5.11 Å². The second-order valence-corrected chi connectivity index (χ2v) is 2.99. The van der Waals surface area contributed by atoms with Crippen LogP contribution < -0.4 is 10.6 Å². The highest BCUT2D eigenvalue weighted by Gasteiger charge is 2.16. The molecule has 2 aromatic rings. The van der Waals surface area contributed by atoms with Gasteiger partial charge < -0.3 is 14.6 Å². The molecule has 0 amide bonds. The summed E-state index contributed by atoms with van der Waals surface area (Å²) in [4.78, 5) is 1.51. The zero-order valence-corrected chi connectivity index (χ0v) is 8.03. The maximum Gasteiger partial charge on any atom is 0.208 e. The van der Waals surface area contributed by atoms with Gasteiger partial charge in [0.25, 0.3) is 0 Å². The minimum atomic E-state index is 0.176. The number of nitrogens with two attached hydrogens (primary N) is 1. The molecule has 0 aromatic carbocycles. The van der Waals surface area contributed by atoms with Crippen molar-refractivity contribution in [3.8, 4) is 0 Å². The second kappa shape index (κ2) is 3.55. The highest BCUT2D eigenvalue weighted by molar-refractivity contribution is 7.80. The van der Waals surface area contributed by atoms with E-state index in [0.717, 1.165) is 0 Å². The summed E-state index contributed by atoms with van der Waals surface area (Å²) in [7, 11) is 0. The number of hydrogen-bond acceptors (Lipinski definition) is 3. The van der Waals surface area contributed by atoms with Gasteiger partial charge in [0.2, 0.25) is 11.8 Å². The van der Waals surface area contributed by atoms with Gasteiger partial charge in [-0.2, -0.15) is 0 Å². The molecule has 0 saturated carbocycles. The molecule has 2 aromatic heterocycles. The van der Waals surface area contributed by atoms with Crippen LogP contribution in [0.15, 0.2) is 45.6 Å². The van der Waals surface area contributed by atoms with Gasteiger partial charge in [-0.1, -0.05) is 0 Å². The third-order valence-electron chi connectivity index (χ3n) is 1.67. The number of nitrogens with zero attached hydrogens (tertiary/aromatic N) is 1. The van der Waals surface area contributed by atoms with Gasteiger partial charge in [-0.25, -0.2) is 4.90 Å². The van der Waals surface area contributed by atoms with E-state index in [4.69, 9.17) is 26.8 Å². The van der Waals surface area contributed by atoms with Gasteiger partial charge in [-0.15, -0.1) is 0 Å². The highest BCUT2D eigenvalue weighted by atomic mass is 32.1. The minimum absolute atomic E-state index is 0.176. The van der Waals surface area contributed by atoms with E-state index < -0.39 is 0 Å². The van der Waals surface area contributed by atoms with Gasteiger partial charge in [0.1, 0.15) is 0 Å². The Morgan fingerprint density at radius 3 is 1.93 bits per heavy atom. The topological polar surface area (TPSA) is 55.5 Å². The van der Waals surface area contributed by atoms with Crippen molar-refractivity contribution in [2.45, 2.75) is 0 Å². The number of rotatable bonds is 2. The molecule has 4 nitrogen and oxygen atoms in total. The quantitative estimate of drug-likeness (QED) is 0.767. The molecule has 14 heavy (non-hydrogen) atoms. The summed E-state index contributed by atoms with van der Waals surface area (Å²) < 4.78 is 10.4. The van der Waals surface area contributed by atoms with E-state index in [-0.39, 0.29) is 5.11 Å². The van der Waals surface area contributed by atoms with E-state index in [1.807, 2.05) is 0 Å². The van der Waals surface area contributed by atoms with Crippen LogP contribution in [0.2, 0.25) is 0 Å². The first-order valence-corrected chi connectivity index (χ1v) is 4.36. The van der Waals surface area contributed by atoms with Gasteiger partial charge in [0.05, 0.1) is 12.5 Å². The molecule has 0 atom stereocenters. The highest BCUT2D eigenvalue weighted by Crippen LogP contribution is 2.25. The Morgan fingerprint density at radius 2 is 1.64 bits per heavy atom. The molecular weight excluding hydrogens is 200 g/mol. The van der Waals surface area contributed by atoms with Crippen molar-refractivity contribution in [2.75, 3.05) is 4.90 Å². The summed E-state index contributed by atoms with van der Waals surface area (Å²) in [5, 5.41) is 0.176. The lowest BCUT2D eigenvalue weighted by Crippen LogP contribution is -2.30. The summed E-state index contributed by atoms with van der Waals surface area (Å²) in [6.45, 7) is 0. The maximum absolute atomic E-state index is 5.56. The van der Waals surface area contributed by atoms with Crippen molar-refractivity contribution >= 4 is 29.1 Å². The van der Waals surface area contributed by atoms with E-state index in [1.54, 1.807) is 36.8 Å². The van der Waals surface area contributed by atoms with Crippen LogP contribution in [0, 0.1) is 0 Å². The normalized spacial score (nSPS) is 10.0. The predicted molar refractivity (Wildman–Crippen MR) is 56.3 cm³/mol. The van der Waals surface area contributed by atoms with Crippen LogP contribution in [0.25, 0.3) is 0 Å². The minimum Gasteiger partial charge on any atom is -0.448 e. The van der Waals surface area contributed by atoms with Crippen LogP contribution >= 0.6 is 12.2 Å². The Bertz CT molecular complexity index is 374. The monoisotopic (exact) mass is 208 g/mol. The molecule has 0 radical (unpaired) electrons. The van der Waals surface area contributed by atoms with E-state index in [9.17, 15) is 0 Å². The number of thiocarbonyl (C=S) groups is 1. The lowest BCUT2D eigenvalue weighted by Gasteiger charge is -2.15. The van der Waals surface area contributed by atoms with E-state index >= 15 is 0 Å². The van der Waals surface area contributed by atoms with Crippen LogP contribution in [0.1, 0.15) is 0 Å². The molecule has 0 fully saturated rings. The molecule has 0 aliphatic heterocycles. The standard InChI is InChI=1S/C9H8N2O2S/c10-9(14)11(7-3-1-5-12-7)8-4-2-6-13-8/h1-6H,(H2,10,14). The summed E-state index contributed by atoms with van der Waals surface area (Å²) in [6, 6.07) is 7.01. The number of anilines is 2. The van der Waals surface area contributed by atoms with Crippen molar-refractivity contribution in [3.05, 3.63) is 36.8 Å². The first-order valence-electron chi connectivity index (χ1n) is 3.95. The summed E-state index contributed by atoms with van der Waals surface area (Å²) >= 11 is 4.90. The van der Waals surface area contributed by atoms with Crippen molar-refractivity contribution in [1.29, 1.82) is 0 Å². The number of hydrogen-bond donors (Lipinski definition) is 1. The fraction of sp³-hybridized carbons (Fsp3) is 0. The van der Waals surface area contributed by atoms with Crippen LogP contribution in [0.3, 0.4) is 0 Å². The van der Waals surface area contributed by atoms with Crippen LogP contribution in [0.5, 0.6) is 0 Å². The van der Waals surface area contributed by atoms with Crippen LogP contribution in [0.4, 0.5) is 11.8 Å². The third kappa shape index (κ3) is 1.49. The van der Waals surface area contributed by atoms with Gasteiger partial charge in [-0.05, 0) is 24.4 Å². The summed E-state index contributed by atoms with van der Waals surface area (Å²) in [5.41, 5.74) is 5.56. The molecule has 0 aliphatic rings. The van der Waals surface area contributed by atoms with E-state index in [2.05, 4.69) is 0 Å². The molecular formula is C9H8N2O2S. The molecule has 72 valence electrons. The fourth-order valence-electron chi connectivity index (χ4n) is 1.12. The molecule has 0 unspecified atom stereocenters. The Hall–Kier alpha value is -1.75. The Labute approximate surface area is 85.9 Å². The first-order chi connectivity index (χ1) is 6.79. The van der Waals surface area contributed by atoms with Crippen molar-refractivity contribution < 1.29 is 8.83 Å². The Balaban J connectivity index is 2.40. The van der Waals surface area contributed by atoms with Crippen molar-refractivity contribution in [3.63, 3.8) is 0 Å². The molecule has 2 heterocycles. The average Bonchev–Trinajstić information content (AvgIpc) is 2.75. The largest absolute Gasteiger partial charge is 0.448 e. The average molecular weight is 208 g/mol. The fourth-order valence-corrected chi connectivity index (χ4v) is 1.30. The van der Waals surface area contributed by atoms with Gasteiger partial charge in [0, 0.05) is 12.1 Å². The Kier molecular flexibility index (Phi) is 2.24.